The lowest BCUT2D eigenvalue weighted by Crippen LogP contribution is -2.32. The average molecular weight is 590 g/mol. The molecular formula is C36H31ClN2O2P+. The van der Waals surface area contributed by atoms with Crippen molar-refractivity contribution in [1.82, 2.24) is 10.1 Å². The second-order valence-electron chi connectivity index (χ2n) is 10.4. The number of ether oxygens (including phenoxy) is 1. The minimum Gasteiger partial charge on any atom is -0.489 e. The summed E-state index contributed by atoms with van der Waals surface area (Å²) in [7, 11) is -1.99. The van der Waals surface area contributed by atoms with E-state index in [1.165, 1.54) is 21.5 Å². The molecule has 1 heterocycles. The van der Waals surface area contributed by atoms with Crippen LogP contribution in [-0.4, -0.2) is 16.2 Å². The largest absolute Gasteiger partial charge is 0.489 e. The second-order valence-corrected chi connectivity index (χ2v) is 14.3. The van der Waals surface area contributed by atoms with Crippen molar-refractivity contribution in [2.75, 3.05) is 0 Å². The normalized spacial score (nSPS) is 11.5. The van der Waals surface area contributed by atoms with Gasteiger partial charge in [-0.1, -0.05) is 83.5 Å². The molecule has 0 radical (unpaired) electrons. The molecule has 0 N–H and O–H groups in total. The molecular weight excluding hydrogens is 559 g/mol. The minimum atomic E-state index is -1.99. The molecule has 0 aliphatic carbocycles. The van der Waals surface area contributed by atoms with E-state index >= 15 is 0 Å². The van der Waals surface area contributed by atoms with Gasteiger partial charge in [0.1, 0.15) is 28.9 Å². The predicted octanol–water partition coefficient (Wildman–Crippen LogP) is 8.34. The van der Waals surface area contributed by atoms with Crippen molar-refractivity contribution in [3.05, 3.63) is 144 Å². The number of benzene rings is 5. The van der Waals surface area contributed by atoms with Crippen molar-refractivity contribution < 1.29 is 9.26 Å². The van der Waals surface area contributed by atoms with Gasteiger partial charge in [-0.05, 0) is 86.1 Å². The summed E-state index contributed by atoms with van der Waals surface area (Å²) in [5.74, 6) is 1.58. The third kappa shape index (κ3) is 5.74. The Kier molecular flexibility index (Phi) is 8.19. The molecule has 0 saturated heterocycles. The Morgan fingerprint density at radius 2 is 1.21 bits per heavy atom. The summed E-state index contributed by atoms with van der Waals surface area (Å²) in [6.45, 7) is 3.93. The van der Waals surface area contributed by atoms with Gasteiger partial charge >= 0.3 is 0 Å². The van der Waals surface area contributed by atoms with Crippen LogP contribution in [0.15, 0.2) is 138 Å². The Hall–Kier alpha value is -4.24. The maximum atomic E-state index is 6.44. The van der Waals surface area contributed by atoms with Gasteiger partial charge in [0.25, 0.3) is 5.89 Å². The highest BCUT2D eigenvalue weighted by Gasteiger charge is 2.45. The third-order valence-electron chi connectivity index (χ3n) is 7.19. The summed E-state index contributed by atoms with van der Waals surface area (Å²) in [4.78, 5) is 4.66. The molecule has 4 nitrogen and oxygen atoms in total. The van der Waals surface area contributed by atoms with Crippen molar-refractivity contribution in [1.29, 1.82) is 0 Å². The highest BCUT2D eigenvalue weighted by molar-refractivity contribution is 7.95. The van der Waals surface area contributed by atoms with E-state index in [0.29, 0.717) is 22.5 Å². The van der Waals surface area contributed by atoms with E-state index in [4.69, 9.17) is 20.9 Å². The molecule has 0 unspecified atom stereocenters. The van der Waals surface area contributed by atoms with E-state index < -0.39 is 7.26 Å². The first-order chi connectivity index (χ1) is 20.5. The number of nitrogens with zero attached hydrogens (tertiary/aromatic N) is 2. The summed E-state index contributed by atoms with van der Waals surface area (Å²) in [6.07, 6.45) is 0.928. The van der Waals surface area contributed by atoms with Gasteiger partial charge in [-0.15, -0.1) is 0 Å². The Balaban J connectivity index is 1.33. The monoisotopic (exact) mass is 589 g/mol. The lowest BCUT2D eigenvalue weighted by Gasteiger charge is -2.27. The molecule has 0 atom stereocenters. The first kappa shape index (κ1) is 27.9. The van der Waals surface area contributed by atoms with Gasteiger partial charge in [0.2, 0.25) is 5.82 Å². The quantitative estimate of drug-likeness (QED) is 0.159. The van der Waals surface area contributed by atoms with E-state index in [-0.39, 0.29) is 6.10 Å². The molecule has 0 bridgehead atoms. The molecule has 0 amide bonds. The first-order valence-electron chi connectivity index (χ1n) is 14.0. The van der Waals surface area contributed by atoms with Gasteiger partial charge in [0.05, 0.1) is 17.3 Å². The van der Waals surface area contributed by atoms with Crippen molar-refractivity contribution >= 4 is 34.8 Å². The van der Waals surface area contributed by atoms with Crippen LogP contribution in [0.4, 0.5) is 0 Å². The maximum absolute atomic E-state index is 6.44. The highest BCUT2D eigenvalue weighted by Crippen LogP contribution is 2.58. The fourth-order valence-corrected chi connectivity index (χ4v) is 9.71. The van der Waals surface area contributed by atoms with E-state index in [9.17, 15) is 0 Å². The Bertz CT molecular complexity index is 1660. The van der Waals surface area contributed by atoms with E-state index in [1.54, 1.807) is 6.07 Å². The van der Waals surface area contributed by atoms with Gasteiger partial charge in [0, 0.05) is 11.1 Å². The van der Waals surface area contributed by atoms with E-state index in [0.717, 1.165) is 17.3 Å². The molecule has 0 aliphatic heterocycles. The second kappa shape index (κ2) is 12.3. The van der Waals surface area contributed by atoms with Crippen molar-refractivity contribution in [2.24, 2.45) is 0 Å². The topological polar surface area (TPSA) is 48.2 Å². The highest BCUT2D eigenvalue weighted by atomic mass is 35.5. The average Bonchev–Trinajstić information content (AvgIpc) is 3.53. The van der Waals surface area contributed by atoms with Crippen LogP contribution in [0, 0.1) is 0 Å². The number of hydrogen-bond donors (Lipinski definition) is 0. The number of hydrogen-bond acceptors (Lipinski definition) is 4. The van der Waals surface area contributed by atoms with Gasteiger partial charge in [-0.3, -0.25) is 0 Å². The molecule has 0 fully saturated rings. The van der Waals surface area contributed by atoms with Crippen LogP contribution in [-0.2, 0) is 6.16 Å². The smallest absolute Gasteiger partial charge is 0.258 e. The fraction of sp³-hybridized carbons (Fsp3) is 0.111. The number of aromatic nitrogens is 2. The zero-order valence-electron chi connectivity index (χ0n) is 23.5. The van der Waals surface area contributed by atoms with Crippen LogP contribution in [0.2, 0.25) is 5.02 Å². The summed E-state index contributed by atoms with van der Waals surface area (Å²) >= 11 is 6.44. The van der Waals surface area contributed by atoms with E-state index in [2.05, 4.69) is 125 Å². The molecule has 5 aromatic carbocycles. The lowest BCUT2D eigenvalue weighted by molar-refractivity contribution is 0.242. The summed E-state index contributed by atoms with van der Waals surface area (Å²) < 4.78 is 11.4. The molecule has 0 spiro atoms. The SMILES string of the molecule is CC(C)Oc1ccc(-c2noc(-c3ccc(C[P+](c4ccccc4)(c4ccccc4)c4ccccc4)cc3)n2)cc1Cl. The lowest BCUT2D eigenvalue weighted by atomic mass is 10.1. The summed E-state index contributed by atoms with van der Waals surface area (Å²) in [5.41, 5.74) is 2.88. The van der Waals surface area contributed by atoms with Crippen molar-refractivity contribution in [2.45, 2.75) is 26.1 Å². The van der Waals surface area contributed by atoms with Crippen molar-refractivity contribution in [3.8, 4) is 28.6 Å². The van der Waals surface area contributed by atoms with Crippen LogP contribution in [0.5, 0.6) is 5.75 Å². The third-order valence-corrected chi connectivity index (χ3v) is 11.9. The van der Waals surface area contributed by atoms with Crippen LogP contribution < -0.4 is 20.7 Å². The minimum absolute atomic E-state index is 0.0356. The molecule has 1 aromatic heterocycles. The summed E-state index contributed by atoms with van der Waals surface area (Å²) in [5, 5.41) is 8.80. The summed E-state index contributed by atoms with van der Waals surface area (Å²) in [6, 6.07) is 46.8. The zero-order chi connectivity index (χ0) is 28.9. The fourth-order valence-electron chi connectivity index (χ4n) is 5.24. The predicted molar refractivity (Wildman–Crippen MR) is 175 cm³/mol. The molecule has 6 rings (SSSR count). The van der Waals surface area contributed by atoms with E-state index in [1.807, 2.05) is 26.0 Å². The number of rotatable bonds is 9. The van der Waals surface area contributed by atoms with Gasteiger partial charge in [0.15, 0.2) is 0 Å². The van der Waals surface area contributed by atoms with Crippen molar-refractivity contribution in [3.63, 3.8) is 0 Å². The molecule has 6 aromatic rings. The molecule has 6 heteroatoms. The number of halogens is 1. The standard InChI is InChI=1S/C36H31ClN2O2P/c1-26(2)40-34-23-22-29(24-33(34)37)35-38-36(41-39-35)28-20-18-27(19-21-28)25-42(30-12-6-3-7-13-30,31-14-8-4-9-15-31)32-16-10-5-11-17-32/h3-24,26H,25H2,1-2H3/q+1. The molecule has 0 aliphatic rings. The molecule has 42 heavy (non-hydrogen) atoms. The zero-order valence-corrected chi connectivity index (χ0v) is 25.2. The van der Waals surface area contributed by atoms with Crippen LogP contribution >= 0.6 is 18.9 Å². The Labute approximate surface area is 252 Å². The molecule has 0 saturated carbocycles. The molecule has 208 valence electrons. The van der Waals surface area contributed by atoms with Gasteiger partial charge in [-0.25, -0.2) is 0 Å². The van der Waals surface area contributed by atoms with Gasteiger partial charge < -0.3 is 9.26 Å². The van der Waals surface area contributed by atoms with Crippen LogP contribution in [0.25, 0.3) is 22.8 Å². The van der Waals surface area contributed by atoms with Crippen LogP contribution in [0.3, 0.4) is 0 Å². The van der Waals surface area contributed by atoms with Crippen LogP contribution in [0.1, 0.15) is 19.4 Å². The Morgan fingerprint density at radius 1 is 0.690 bits per heavy atom. The Morgan fingerprint density at radius 3 is 1.71 bits per heavy atom. The maximum Gasteiger partial charge on any atom is 0.258 e. The van der Waals surface area contributed by atoms with Gasteiger partial charge in [-0.2, -0.15) is 4.98 Å². The first-order valence-corrected chi connectivity index (χ1v) is 16.3.